The van der Waals surface area contributed by atoms with Crippen molar-refractivity contribution in [3.8, 4) is 11.8 Å². The summed E-state index contributed by atoms with van der Waals surface area (Å²) in [7, 11) is 0. The molecule has 26 heavy (non-hydrogen) atoms. The highest BCUT2D eigenvalue weighted by atomic mass is 16.5. The largest absolute Gasteiger partial charge is 0.488 e. The molecule has 0 saturated heterocycles. The van der Waals surface area contributed by atoms with E-state index in [2.05, 4.69) is 5.32 Å². The van der Waals surface area contributed by atoms with E-state index >= 15 is 0 Å². The van der Waals surface area contributed by atoms with E-state index in [4.69, 9.17) is 4.74 Å². The van der Waals surface area contributed by atoms with Crippen LogP contribution in [0.3, 0.4) is 0 Å². The van der Waals surface area contributed by atoms with Crippen molar-refractivity contribution >= 4 is 23.6 Å². The number of ether oxygens (including phenoxy) is 1. The Kier molecular flexibility index (Phi) is 4.81. The van der Waals surface area contributed by atoms with E-state index in [-0.39, 0.29) is 23.4 Å². The number of para-hydroxylation sites is 2. The maximum atomic E-state index is 12.4. The quantitative estimate of drug-likeness (QED) is 0.654. The van der Waals surface area contributed by atoms with Crippen LogP contribution in [-0.4, -0.2) is 23.6 Å². The van der Waals surface area contributed by atoms with Gasteiger partial charge in [-0.1, -0.05) is 30.3 Å². The zero-order chi connectivity index (χ0) is 18.5. The molecule has 1 aliphatic rings. The first-order valence-electron chi connectivity index (χ1n) is 7.76. The lowest BCUT2D eigenvalue weighted by molar-refractivity contribution is -0.112. The van der Waals surface area contributed by atoms with Crippen molar-refractivity contribution in [1.29, 1.82) is 5.26 Å². The van der Waals surface area contributed by atoms with Crippen LogP contribution in [0, 0.1) is 11.3 Å². The third-order valence-electron chi connectivity index (χ3n) is 3.75. The van der Waals surface area contributed by atoms with Gasteiger partial charge in [-0.3, -0.25) is 4.79 Å². The second-order valence-electron chi connectivity index (χ2n) is 5.52. The van der Waals surface area contributed by atoms with E-state index in [0.717, 1.165) is 11.3 Å². The number of hydrogen-bond acceptors (Lipinski definition) is 4. The lowest BCUT2D eigenvalue weighted by Crippen LogP contribution is -2.17. The van der Waals surface area contributed by atoms with Gasteiger partial charge in [0.1, 0.15) is 24.0 Å². The Morgan fingerprint density at radius 2 is 1.88 bits per heavy atom. The number of nitrogens with zero attached hydrogens (tertiary/aromatic N) is 1. The summed E-state index contributed by atoms with van der Waals surface area (Å²) in [5.74, 6) is -1.10. The molecular weight excluding hydrogens is 332 g/mol. The number of carboxylic acid groups (broad SMARTS) is 1. The van der Waals surface area contributed by atoms with Crippen LogP contribution in [0.15, 0.2) is 65.8 Å². The summed E-state index contributed by atoms with van der Waals surface area (Å²) >= 11 is 0. The Morgan fingerprint density at radius 1 is 1.15 bits per heavy atom. The van der Waals surface area contributed by atoms with Crippen molar-refractivity contribution in [3.05, 3.63) is 76.9 Å². The highest BCUT2D eigenvalue weighted by Gasteiger charge is 2.16. The predicted molar refractivity (Wildman–Crippen MR) is 95.6 cm³/mol. The Hall–Kier alpha value is -3.85. The minimum absolute atomic E-state index is 0.0488. The molecule has 0 unspecified atom stereocenters. The maximum absolute atomic E-state index is 12.4. The molecular formula is C20H14N2O4. The average molecular weight is 346 g/mol. The van der Waals surface area contributed by atoms with Gasteiger partial charge in [-0.25, -0.2) is 4.79 Å². The Balaban J connectivity index is 1.85. The molecule has 0 radical (unpaired) electrons. The number of fused-ring (bicyclic) bond motifs is 1. The molecule has 0 saturated carbocycles. The number of benzene rings is 2. The zero-order valence-corrected chi connectivity index (χ0v) is 13.6. The molecule has 0 bridgehead atoms. The van der Waals surface area contributed by atoms with Gasteiger partial charge in [0, 0.05) is 5.56 Å². The molecule has 1 amide bonds. The van der Waals surface area contributed by atoms with Gasteiger partial charge in [0.05, 0.1) is 11.3 Å². The smallest absolute Gasteiger partial charge is 0.337 e. The second kappa shape index (κ2) is 7.36. The summed E-state index contributed by atoms with van der Waals surface area (Å²) in [6, 6.07) is 15.3. The normalized spacial score (nSPS) is 12.9. The average Bonchev–Trinajstić information content (AvgIpc) is 2.66. The summed E-state index contributed by atoms with van der Waals surface area (Å²) < 4.78 is 5.60. The van der Waals surface area contributed by atoms with Crippen molar-refractivity contribution in [1.82, 2.24) is 0 Å². The minimum Gasteiger partial charge on any atom is -0.488 e. The number of nitriles is 1. The molecule has 0 fully saturated rings. The lowest BCUT2D eigenvalue weighted by Gasteiger charge is -2.16. The minimum atomic E-state index is -1.16. The van der Waals surface area contributed by atoms with Gasteiger partial charge in [-0.05, 0) is 35.9 Å². The Morgan fingerprint density at radius 3 is 2.65 bits per heavy atom. The lowest BCUT2D eigenvalue weighted by atomic mass is 10.0. The van der Waals surface area contributed by atoms with Crippen LogP contribution in [0.1, 0.15) is 15.9 Å². The highest BCUT2D eigenvalue weighted by Crippen LogP contribution is 2.26. The van der Waals surface area contributed by atoms with Crippen molar-refractivity contribution in [2.45, 2.75) is 0 Å². The van der Waals surface area contributed by atoms with Crippen LogP contribution in [0.4, 0.5) is 5.69 Å². The fourth-order valence-corrected chi connectivity index (χ4v) is 2.52. The molecule has 2 aromatic rings. The number of carbonyl (C=O) groups excluding carboxylic acids is 1. The molecule has 6 nitrogen and oxygen atoms in total. The monoisotopic (exact) mass is 346 g/mol. The van der Waals surface area contributed by atoms with Crippen molar-refractivity contribution < 1.29 is 19.4 Å². The van der Waals surface area contributed by atoms with E-state index in [9.17, 15) is 20.0 Å². The Labute approximate surface area is 149 Å². The molecule has 128 valence electrons. The van der Waals surface area contributed by atoms with Crippen molar-refractivity contribution in [2.24, 2.45) is 0 Å². The standard InChI is InChI=1S/C20H14N2O4/c21-11-15(10-13-9-14-5-1-4-8-18(14)26-12-13)19(23)22-17-7-3-2-6-16(17)20(24)25/h1-10H,12H2,(H,22,23)(H,24,25). The third kappa shape index (κ3) is 3.62. The van der Waals surface area contributed by atoms with Gasteiger partial charge in [-0.15, -0.1) is 0 Å². The van der Waals surface area contributed by atoms with Crippen LogP contribution in [0.25, 0.3) is 6.08 Å². The van der Waals surface area contributed by atoms with Gasteiger partial charge in [0.2, 0.25) is 0 Å². The predicted octanol–water partition coefficient (Wildman–Crippen LogP) is 3.25. The van der Waals surface area contributed by atoms with E-state index in [0.29, 0.717) is 5.57 Å². The fraction of sp³-hybridized carbons (Fsp3) is 0.0500. The van der Waals surface area contributed by atoms with Crippen molar-refractivity contribution in [3.63, 3.8) is 0 Å². The number of aromatic carboxylic acids is 1. The summed E-state index contributed by atoms with van der Waals surface area (Å²) in [5, 5.41) is 21.0. The third-order valence-corrected chi connectivity index (χ3v) is 3.75. The van der Waals surface area contributed by atoms with Gasteiger partial charge < -0.3 is 15.2 Å². The van der Waals surface area contributed by atoms with E-state index in [1.165, 1.54) is 18.2 Å². The highest BCUT2D eigenvalue weighted by molar-refractivity contribution is 6.09. The number of hydrogen-bond donors (Lipinski definition) is 2. The van der Waals surface area contributed by atoms with Crippen LogP contribution < -0.4 is 10.1 Å². The Bertz CT molecular complexity index is 983. The number of carboxylic acids is 1. The summed E-state index contributed by atoms with van der Waals surface area (Å²) in [6.45, 7) is 0.237. The van der Waals surface area contributed by atoms with Gasteiger partial charge in [0.25, 0.3) is 5.91 Å². The van der Waals surface area contributed by atoms with Gasteiger partial charge in [0.15, 0.2) is 0 Å². The summed E-state index contributed by atoms with van der Waals surface area (Å²) in [6.07, 6.45) is 3.28. The number of anilines is 1. The molecule has 1 heterocycles. The first-order valence-corrected chi connectivity index (χ1v) is 7.76. The van der Waals surface area contributed by atoms with Crippen LogP contribution in [-0.2, 0) is 4.79 Å². The summed E-state index contributed by atoms with van der Waals surface area (Å²) in [4.78, 5) is 23.6. The van der Waals surface area contributed by atoms with Gasteiger partial charge >= 0.3 is 5.97 Å². The van der Waals surface area contributed by atoms with E-state index in [1.54, 1.807) is 12.1 Å². The van der Waals surface area contributed by atoms with Crippen LogP contribution >= 0.6 is 0 Å². The first-order chi connectivity index (χ1) is 12.6. The molecule has 2 aromatic carbocycles. The number of carbonyl (C=O) groups is 2. The topological polar surface area (TPSA) is 99.4 Å². The molecule has 0 aliphatic carbocycles. The van der Waals surface area contributed by atoms with Gasteiger partial charge in [-0.2, -0.15) is 5.26 Å². The maximum Gasteiger partial charge on any atom is 0.337 e. The van der Waals surface area contributed by atoms with Crippen molar-refractivity contribution in [2.75, 3.05) is 11.9 Å². The fourth-order valence-electron chi connectivity index (χ4n) is 2.52. The first kappa shape index (κ1) is 17.0. The molecule has 6 heteroatoms. The number of nitrogens with one attached hydrogen (secondary N) is 1. The molecule has 2 N–H and O–H groups in total. The summed E-state index contributed by atoms with van der Waals surface area (Å²) in [5.41, 5.74) is 1.47. The zero-order valence-electron chi connectivity index (χ0n) is 13.6. The SMILES string of the molecule is N#CC(=CC1=Cc2ccccc2OC1)C(=O)Nc1ccccc1C(=O)O. The second-order valence-corrected chi connectivity index (χ2v) is 5.52. The molecule has 3 rings (SSSR count). The van der Waals surface area contributed by atoms with E-state index in [1.807, 2.05) is 36.4 Å². The van der Waals surface area contributed by atoms with Crippen LogP contribution in [0.2, 0.25) is 0 Å². The molecule has 0 spiro atoms. The van der Waals surface area contributed by atoms with E-state index < -0.39 is 11.9 Å². The number of amides is 1. The number of rotatable bonds is 4. The molecule has 0 aromatic heterocycles. The molecule has 1 aliphatic heterocycles. The molecule has 0 atom stereocenters. The van der Waals surface area contributed by atoms with Crippen LogP contribution in [0.5, 0.6) is 5.75 Å².